The van der Waals surface area contributed by atoms with Crippen molar-refractivity contribution < 1.29 is 29.3 Å². The molecule has 0 aliphatic carbocycles. The number of hydrogen-bond acceptors (Lipinski definition) is 2. The summed E-state index contributed by atoms with van der Waals surface area (Å²) in [6, 6.07) is 7.46. The molecule has 1 aromatic carbocycles. The van der Waals surface area contributed by atoms with Crippen LogP contribution in [-0.2, 0) is 6.54 Å². The molecule has 2 aromatic rings. The van der Waals surface area contributed by atoms with Crippen LogP contribution < -0.4 is 34.9 Å². The van der Waals surface area contributed by atoms with Gasteiger partial charge in [-0.15, -0.1) is 0 Å². The highest BCUT2D eigenvalue weighted by Crippen LogP contribution is 2.04. The molecule has 0 radical (unpaired) electrons. The van der Waals surface area contributed by atoms with E-state index in [2.05, 4.69) is 31.1 Å². The van der Waals surface area contributed by atoms with Gasteiger partial charge in [-0.25, -0.2) is 4.98 Å². The number of nitrogens with two attached hydrogens (primary N) is 1. The van der Waals surface area contributed by atoms with Gasteiger partial charge in [-0.05, 0) is 32.9 Å². The van der Waals surface area contributed by atoms with E-state index in [9.17, 15) is 4.79 Å². The monoisotopic (exact) mass is 373 g/mol. The number of para-hydroxylation sites is 1. The van der Waals surface area contributed by atoms with Crippen molar-refractivity contribution in [3.8, 4) is 0 Å². The second-order valence-corrected chi connectivity index (χ2v) is 5.62. The molecule has 104 valence electrons. The Morgan fingerprint density at radius 3 is 2.63 bits per heavy atom. The van der Waals surface area contributed by atoms with E-state index in [4.69, 9.17) is 0 Å². The lowest BCUT2D eigenvalue weighted by molar-refractivity contribution is -0.717. The number of halogens is 1. The lowest BCUT2D eigenvalue weighted by atomic mass is 10.1. The molecule has 0 amide bonds. The molecule has 0 saturated heterocycles. The van der Waals surface area contributed by atoms with Crippen LogP contribution in [0.3, 0.4) is 0 Å². The van der Waals surface area contributed by atoms with Gasteiger partial charge in [0.05, 0.1) is 35.9 Å². The van der Waals surface area contributed by atoms with Crippen molar-refractivity contribution in [1.29, 1.82) is 0 Å². The minimum Gasteiger partial charge on any atom is -1.00 e. The summed E-state index contributed by atoms with van der Waals surface area (Å²) in [6.45, 7) is 8.05. The van der Waals surface area contributed by atoms with Crippen molar-refractivity contribution in [2.45, 2.75) is 32.9 Å². The number of benzene rings is 1. The highest BCUT2D eigenvalue weighted by molar-refractivity contribution is 5.76. The maximum absolute atomic E-state index is 12.2. The number of nitrogens with zero attached hydrogens (tertiary/aromatic N) is 2. The first-order chi connectivity index (χ1) is 8.47. The Labute approximate surface area is 130 Å². The van der Waals surface area contributed by atoms with Gasteiger partial charge >= 0.3 is 0 Å². The van der Waals surface area contributed by atoms with Crippen LogP contribution >= 0.6 is 0 Å². The van der Waals surface area contributed by atoms with Gasteiger partial charge in [0.2, 0.25) is 0 Å². The van der Waals surface area contributed by atoms with Crippen molar-refractivity contribution in [2.24, 2.45) is 0 Å². The van der Waals surface area contributed by atoms with Gasteiger partial charge in [-0.3, -0.25) is 9.36 Å². The lowest BCUT2D eigenvalue weighted by Crippen LogP contribution is -3.00. The molecular weight excluding hydrogens is 353 g/mol. The van der Waals surface area contributed by atoms with Crippen molar-refractivity contribution in [1.82, 2.24) is 9.55 Å². The number of fused-ring (bicyclic) bond motifs is 1. The fraction of sp³-hybridized carbons (Fsp3) is 0.429. The maximum Gasteiger partial charge on any atom is 0.261 e. The van der Waals surface area contributed by atoms with Crippen molar-refractivity contribution in [2.75, 3.05) is 6.54 Å². The van der Waals surface area contributed by atoms with E-state index in [0.29, 0.717) is 11.9 Å². The fourth-order valence-electron chi connectivity index (χ4n) is 1.90. The second kappa shape index (κ2) is 6.47. The third-order valence-corrected chi connectivity index (χ3v) is 2.86. The predicted molar refractivity (Wildman–Crippen MR) is 72.5 cm³/mol. The highest BCUT2D eigenvalue weighted by Gasteiger charge is 2.12. The van der Waals surface area contributed by atoms with Gasteiger partial charge in [0.25, 0.3) is 5.56 Å². The molecule has 19 heavy (non-hydrogen) atoms. The number of hydrogen-bond donors (Lipinski definition) is 1. The van der Waals surface area contributed by atoms with Crippen molar-refractivity contribution in [3.05, 3.63) is 40.9 Å². The van der Waals surface area contributed by atoms with Gasteiger partial charge in [-0.1, -0.05) is 12.1 Å². The van der Waals surface area contributed by atoms with Gasteiger partial charge in [-0.2, -0.15) is 0 Å². The third kappa shape index (κ3) is 4.28. The van der Waals surface area contributed by atoms with E-state index in [-0.39, 0.29) is 35.1 Å². The molecule has 5 heteroatoms. The zero-order valence-electron chi connectivity index (χ0n) is 11.6. The minimum absolute atomic E-state index is 0. The van der Waals surface area contributed by atoms with Crippen LogP contribution in [-0.4, -0.2) is 21.6 Å². The van der Waals surface area contributed by atoms with Crippen LogP contribution in [0.5, 0.6) is 0 Å². The maximum atomic E-state index is 12.2. The molecule has 0 aliphatic rings. The molecule has 2 rings (SSSR count). The van der Waals surface area contributed by atoms with Gasteiger partial charge in [0.15, 0.2) is 0 Å². The first kappa shape index (κ1) is 16.1. The van der Waals surface area contributed by atoms with Crippen LogP contribution in [0, 0.1) is 0 Å². The average Bonchev–Trinajstić information content (AvgIpc) is 2.31. The largest absolute Gasteiger partial charge is 1.00 e. The summed E-state index contributed by atoms with van der Waals surface area (Å²) in [5.41, 5.74) is 0.995. The predicted octanol–water partition coefficient (Wildman–Crippen LogP) is -2.24. The molecule has 1 aromatic heterocycles. The highest BCUT2D eigenvalue weighted by atomic mass is 127. The Kier molecular flexibility index (Phi) is 5.49. The summed E-state index contributed by atoms with van der Waals surface area (Å²) in [4.78, 5) is 16.5. The minimum atomic E-state index is 0. The first-order valence-electron chi connectivity index (χ1n) is 6.26. The van der Waals surface area contributed by atoms with Crippen LogP contribution in [0.1, 0.15) is 20.8 Å². The Bertz CT molecular complexity index is 601. The smallest absolute Gasteiger partial charge is 0.261 e. The molecule has 0 saturated carbocycles. The summed E-state index contributed by atoms with van der Waals surface area (Å²) in [6.07, 6.45) is 1.64. The van der Waals surface area contributed by atoms with E-state index in [1.54, 1.807) is 10.9 Å². The fourth-order valence-corrected chi connectivity index (χ4v) is 1.90. The van der Waals surface area contributed by atoms with Crippen molar-refractivity contribution >= 4 is 10.9 Å². The second-order valence-electron chi connectivity index (χ2n) is 5.62. The quantitative estimate of drug-likeness (QED) is 0.619. The molecular formula is C14H20IN3O. The van der Waals surface area contributed by atoms with Gasteiger partial charge in [0.1, 0.15) is 0 Å². The molecule has 2 N–H and O–H groups in total. The molecule has 0 spiro atoms. The van der Waals surface area contributed by atoms with Gasteiger partial charge < -0.3 is 29.3 Å². The Morgan fingerprint density at radius 2 is 1.95 bits per heavy atom. The molecule has 4 nitrogen and oxygen atoms in total. The Balaban J connectivity index is 0.00000180. The lowest BCUT2D eigenvalue weighted by Gasteiger charge is -2.17. The normalized spacial score (nSPS) is 11.3. The standard InChI is InChI=1S/C14H19N3O.HI/c1-14(2,3)16-8-9-17-10-15-12-7-5-4-6-11(12)13(17)18;/h4-7,10,16H,8-9H2,1-3H3;1H. The molecule has 0 bridgehead atoms. The number of aromatic nitrogens is 2. The summed E-state index contributed by atoms with van der Waals surface area (Å²) in [5, 5.41) is 2.92. The van der Waals surface area contributed by atoms with E-state index in [1.165, 1.54) is 0 Å². The summed E-state index contributed by atoms with van der Waals surface area (Å²) >= 11 is 0. The van der Waals surface area contributed by atoms with E-state index in [0.717, 1.165) is 12.1 Å². The SMILES string of the molecule is CC(C)(C)[NH2+]CCn1cnc2ccccc2c1=O.[I-]. The van der Waals surface area contributed by atoms with Crippen LogP contribution in [0.15, 0.2) is 35.4 Å². The van der Waals surface area contributed by atoms with E-state index >= 15 is 0 Å². The van der Waals surface area contributed by atoms with E-state index < -0.39 is 0 Å². The summed E-state index contributed by atoms with van der Waals surface area (Å²) in [5.74, 6) is 0. The Hall–Kier alpha value is -0.950. The first-order valence-corrected chi connectivity index (χ1v) is 6.26. The van der Waals surface area contributed by atoms with Gasteiger partial charge in [0, 0.05) is 0 Å². The van der Waals surface area contributed by atoms with Crippen LogP contribution in [0.25, 0.3) is 10.9 Å². The molecule has 0 unspecified atom stereocenters. The zero-order valence-corrected chi connectivity index (χ0v) is 13.7. The van der Waals surface area contributed by atoms with Crippen molar-refractivity contribution in [3.63, 3.8) is 0 Å². The van der Waals surface area contributed by atoms with E-state index in [1.807, 2.05) is 24.3 Å². The summed E-state index contributed by atoms with van der Waals surface area (Å²) < 4.78 is 1.69. The summed E-state index contributed by atoms with van der Waals surface area (Å²) in [7, 11) is 0. The molecule has 0 aliphatic heterocycles. The Morgan fingerprint density at radius 1 is 1.26 bits per heavy atom. The third-order valence-electron chi connectivity index (χ3n) is 2.86. The molecule has 1 heterocycles. The molecule has 0 atom stereocenters. The van der Waals surface area contributed by atoms with Crippen LogP contribution in [0.2, 0.25) is 0 Å². The topological polar surface area (TPSA) is 51.5 Å². The zero-order chi connectivity index (χ0) is 13.2. The van der Waals surface area contributed by atoms with Crippen LogP contribution in [0.4, 0.5) is 0 Å². The number of rotatable bonds is 3. The average molecular weight is 373 g/mol. The number of quaternary nitrogens is 1. The molecule has 0 fully saturated rings.